The lowest BCUT2D eigenvalue weighted by Crippen LogP contribution is -2.47. The molecule has 0 aliphatic heterocycles. The van der Waals surface area contributed by atoms with Crippen LogP contribution in [-0.4, -0.2) is 46.0 Å². The molecule has 3 N–H and O–H groups in total. The normalized spacial score (nSPS) is 16.1. The van der Waals surface area contributed by atoms with E-state index in [4.69, 9.17) is 35.4 Å². The summed E-state index contributed by atoms with van der Waals surface area (Å²) in [5.74, 6) is -0.0936. The highest BCUT2D eigenvalue weighted by Gasteiger charge is 2.58. The lowest BCUT2D eigenvalue weighted by Gasteiger charge is -2.33. The number of benzene rings is 1. The number of amides is 1. The van der Waals surface area contributed by atoms with Crippen LogP contribution in [0.25, 0.3) is 0 Å². The van der Waals surface area contributed by atoms with Crippen LogP contribution in [0.4, 0.5) is 18.9 Å². The van der Waals surface area contributed by atoms with Crippen LogP contribution in [0.15, 0.2) is 48.2 Å². The minimum absolute atomic E-state index is 0.219. The van der Waals surface area contributed by atoms with Crippen molar-refractivity contribution in [1.82, 2.24) is 24.5 Å². The maximum atomic E-state index is 13.0. The third-order valence-electron chi connectivity index (χ3n) is 7.56. The molecule has 1 aromatic carbocycles. The molecule has 0 spiro atoms. The van der Waals surface area contributed by atoms with E-state index in [9.17, 15) is 23.1 Å². The van der Waals surface area contributed by atoms with Gasteiger partial charge < -0.3 is 10.4 Å². The van der Waals surface area contributed by atoms with Gasteiger partial charge in [0.25, 0.3) is 5.91 Å². The number of halogens is 5. The van der Waals surface area contributed by atoms with Crippen LogP contribution in [-0.2, 0) is 26.2 Å². The zero-order chi connectivity index (χ0) is 33.2. The molecule has 4 aromatic rings. The van der Waals surface area contributed by atoms with Gasteiger partial charge in [-0.2, -0.15) is 18.3 Å². The lowest BCUT2D eigenvalue weighted by molar-refractivity contribution is -0.141. The average Bonchev–Trinajstić information content (AvgIpc) is 3.26. The summed E-state index contributed by atoms with van der Waals surface area (Å²) in [7, 11) is 1.35. The van der Waals surface area contributed by atoms with Gasteiger partial charge in [0, 0.05) is 29.6 Å². The first-order valence-electron chi connectivity index (χ1n) is 14.3. The van der Waals surface area contributed by atoms with Gasteiger partial charge >= 0.3 is 6.18 Å². The molecule has 1 aliphatic rings. The smallest absolute Gasteiger partial charge is 0.386 e. The van der Waals surface area contributed by atoms with Crippen molar-refractivity contribution >= 4 is 58.4 Å². The highest BCUT2D eigenvalue weighted by Crippen LogP contribution is 2.53. The van der Waals surface area contributed by atoms with Crippen molar-refractivity contribution in [1.29, 1.82) is 0 Å². The van der Waals surface area contributed by atoms with Crippen molar-refractivity contribution in [3.8, 4) is 0 Å². The molecule has 15 heteroatoms. The van der Waals surface area contributed by atoms with Gasteiger partial charge in [0.05, 0.1) is 22.7 Å². The number of H-pyrrole nitrogens is 1. The monoisotopic (exact) mass is 702 g/mol. The number of carbonyl (C=O) groups excluding carboxylic acids is 1. The first kappa shape index (κ1) is 35.1. The lowest BCUT2D eigenvalue weighted by atomic mass is 9.89. The highest BCUT2D eigenvalue weighted by molar-refractivity contribution is 7.71. The Labute approximate surface area is 278 Å². The van der Waals surface area contributed by atoms with E-state index in [0.717, 1.165) is 40.6 Å². The largest absolute Gasteiger partial charge is 0.435 e. The summed E-state index contributed by atoms with van der Waals surface area (Å²) in [5, 5.41) is 22.5. The standard InChI is InChI=1S/C16H20F3N3OS.C14H15Cl2N3OS/c1-9(2)7-10(3)13-12(5-6-24-13)20-15(23)11-8-22(4)21-14(11)16(17,18)19;15-11-4-2-1-3-10(11)7-14(20,13(16)5-6-13)8-19-12(21)17-9-18-19/h5-6,8-10H,7H2,1-4H3,(H,20,23);1-4,9,20H,5-8H2,(H,17,18,21). The number of carbonyl (C=O) groups is 1. The number of thiophene rings is 1. The molecule has 45 heavy (non-hydrogen) atoms. The Morgan fingerprint density at radius 2 is 1.93 bits per heavy atom. The minimum atomic E-state index is -4.67. The van der Waals surface area contributed by atoms with E-state index in [0.29, 0.717) is 27.8 Å². The highest BCUT2D eigenvalue weighted by atomic mass is 35.5. The molecule has 3 heterocycles. The van der Waals surface area contributed by atoms with Crippen molar-refractivity contribution in [3.05, 3.63) is 79.7 Å². The second-order valence-corrected chi connectivity index (χ2v) is 14.2. The fourth-order valence-corrected chi connectivity index (χ4v) is 6.73. The van der Waals surface area contributed by atoms with Crippen LogP contribution in [0.3, 0.4) is 0 Å². The Bertz CT molecular complexity index is 1680. The van der Waals surface area contributed by atoms with Crippen molar-refractivity contribution in [2.75, 3.05) is 5.32 Å². The zero-order valence-electron chi connectivity index (χ0n) is 25.2. The van der Waals surface area contributed by atoms with E-state index >= 15 is 0 Å². The zero-order valence-corrected chi connectivity index (χ0v) is 28.3. The first-order chi connectivity index (χ1) is 21.0. The van der Waals surface area contributed by atoms with Crippen LogP contribution < -0.4 is 5.32 Å². The van der Waals surface area contributed by atoms with Gasteiger partial charge in [-0.3, -0.25) is 19.3 Å². The van der Waals surface area contributed by atoms with Gasteiger partial charge in [-0.1, -0.05) is 50.6 Å². The predicted molar refractivity (Wildman–Crippen MR) is 174 cm³/mol. The van der Waals surface area contributed by atoms with E-state index in [2.05, 4.69) is 34.3 Å². The summed E-state index contributed by atoms with van der Waals surface area (Å²) in [6.45, 7) is 6.52. The third kappa shape index (κ3) is 8.56. The van der Waals surface area contributed by atoms with Crippen molar-refractivity contribution < 1.29 is 23.1 Å². The predicted octanol–water partition coefficient (Wildman–Crippen LogP) is 8.24. The number of rotatable bonds is 10. The SMILES string of the molecule is CC(C)CC(C)c1sccc1NC(=O)c1cn(C)nc1C(F)(F)F.OC(Cc1ccccc1Cl)(Cn1[nH]cnc1=S)C1(Cl)CC1. The van der Waals surface area contributed by atoms with E-state index in [1.807, 2.05) is 36.6 Å². The Kier molecular flexibility index (Phi) is 10.9. The Balaban J connectivity index is 0.000000206. The second-order valence-electron chi connectivity index (χ2n) is 11.8. The van der Waals surface area contributed by atoms with Gasteiger partial charge in [-0.05, 0) is 66.4 Å². The molecule has 2 atom stereocenters. The molecule has 5 rings (SSSR count). The molecular formula is C30H35Cl2F3N6O2S2. The minimum Gasteiger partial charge on any atom is -0.386 e. The Hall–Kier alpha value is -2.71. The number of aromatic amines is 1. The van der Waals surface area contributed by atoms with E-state index in [-0.39, 0.29) is 12.5 Å². The van der Waals surface area contributed by atoms with Crippen molar-refractivity contribution in [2.45, 2.75) is 75.6 Å². The van der Waals surface area contributed by atoms with E-state index in [1.165, 1.54) is 24.7 Å². The number of hydrogen-bond acceptors (Lipinski definition) is 6. The summed E-state index contributed by atoms with van der Waals surface area (Å²) in [5.41, 5.74) is -1.34. The Morgan fingerprint density at radius 3 is 2.51 bits per heavy atom. The topological polar surface area (TPSA) is 101 Å². The summed E-state index contributed by atoms with van der Waals surface area (Å²) in [6.07, 6.45) is 0.777. The number of aliphatic hydroxyl groups is 1. The van der Waals surface area contributed by atoms with Crippen LogP contribution >= 0.6 is 46.8 Å². The molecule has 1 aliphatic carbocycles. The quantitative estimate of drug-likeness (QED) is 0.114. The van der Waals surface area contributed by atoms with Gasteiger partial charge in [0.2, 0.25) is 4.77 Å². The fourth-order valence-electron chi connectivity index (χ4n) is 5.22. The maximum absolute atomic E-state index is 13.0. The first-order valence-corrected chi connectivity index (χ1v) is 16.3. The van der Waals surface area contributed by atoms with E-state index in [1.54, 1.807) is 10.7 Å². The summed E-state index contributed by atoms with van der Waals surface area (Å²) < 4.78 is 42.0. The number of nitrogens with one attached hydrogen (secondary N) is 2. The molecule has 1 saturated carbocycles. The molecule has 1 fully saturated rings. The van der Waals surface area contributed by atoms with Crippen molar-refractivity contribution in [2.24, 2.45) is 13.0 Å². The summed E-state index contributed by atoms with van der Waals surface area (Å²) in [6, 6.07) is 9.20. The Morgan fingerprint density at radius 1 is 1.24 bits per heavy atom. The number of aryl methyl sites for hydroxylation is 1. The third-order valence-corrected chi connectivity index (χ3v) is 10.1. The maximum Gasteiger partial charge on any atom is 0.435 e. The molecule has 8 nitrogen and oxygen atoms in total. The fraction of sp³-hybridized carbons (Fsp3) is 0.467. The average molecular weight is 704 g/mol. The molecule has 1 amide bonds. The number of alkyl halides is 4. The van der Waals surface area contributed by atoms with Gasteiger partial charge in [-0.15, -0.1) is 22.9 Å². The summed E-state index contributed by atoms with van der Waals surface area (Å²) in [4.78, 5) is 16.6. The van der Waals surface area contributed by atoms with Crippen LogP contribution in [0.1, 0.15) is 72.4 Å². The molecule has 0 bridgehead atoms. The number of anilines is 1. The molecule has 0 radical (unpaired) electrons. The second kappa shape index (κ2) is 14.0. The van der Waals surface area contributed by atoms with Crippen molar-refractivity contribution in [3.63, 3.8) is 0 Å². The van der Waals surface area contributed by atoms with Crippen LogP contribution in [0.5, 0.6) is 0 Å². The van der Waals surface area contributed by atoms with Gasteiger partial charge in [-0.25, -0.2) is 4.98 Å². The van der Waals surface area contributed by atoms with Gasteiger partial charge in [0.15, 0.2) is 5.69 Å². The number of nitrogens with zero attached hydrogens (tertiary/aromatic N) is 4. The number of aromatic nitrogens is 5. The molecule has 0 saturated heterocycles. The van der Waals surface area contributed by atoms with Crippen LogP contribution in [0.2, 0.25) is 5.02 Å². The molecular weight excluding hydrogens is 668 g/mol. The summed E-state index contributed by atoms with van der Waals surface area (Å²) >= 11 is 19.4. The molecule has 2 unspecified atom stereocenters. The molecule has 3 aromatic heterocycles. The van der Waals surface area contributed by atoms with Crippen LogP contribution in [0, 0.1) is 10.7 Å². The molecule has 244 valence electrons. The number of hydrogen-bond donors (Lipinski definition) is 3. The van der Waals surface area contributed by atoms with Gasteiger partial charge in [0.1, 0.15) is 11.9 Å². The van der Waals surface area contributed by atoms with E-state index < -0.39 is 33.8 Å².